The first-order chi connectivity index (χ1) is 9.54. The van der Waals surface area contributed by atoms with Gasteiger partial charge in [-0.2, -0.15) is 0 Å². The molecule has 112 valence electrons. The lowest BCUT2D eigenvalue weighted by Crippen LogP contribution is -2.37. The second kappa shape index (κ2) is 6.70. The summed E-state index contributed by atoms with van der Waals surface area (Å²) in [6.07, 6.45) is 1.17. The van der Waals surface area contributed by atoms with E-state index in [9.17, 15) is 0 Å². The predicted octanol–water partition coefficient (Wildman–Crippen LogP) is 2.48. The fourth-order valence-electron chi connectivity index (χ4n) is 3.14. The molecule has 1 aromatic carbocycles. The van der Waals surface area contributed by atoms with E-state index in [0.717, 1.165) is 26.2 Å². The maximum absolute atomic E-state index is 5.11. The Morgan fingerprint density at radius 3 is 2.80 bits per heavy atom. The van der Waals surface area contributed by atoms with Gasteiger partial charge in [-0.1, -0.05) is 38.1 Å². The maximum atomic E-state index is 5.11. The van der Waals surface area contributed by atoms with Crippen LogP contribution in [0.2, 0.25) is 0 Å². The number of hydrogen-bond donors (Lipinski definition) is 1. The van der Waals surface area contributed by atoms with Gasteiger partial charge in [-0.15, -0.1) is 0 Å². The monoisotopic (exact) mass is 276 g/mol. The van der Waals surface area contributed by atoms with Gasteiger partial charge in [0.05, 0.1) is 6.61 Å². The number of rotatable bonds is 7. The second-order valence-electron chi connectivity index (χ2n) is 6.55. The molecular weight excluding hydrogens is 248 g/mol. The summed E-state index contributed by atoms with van der Waals surface area (Å²) in [6, 6.07) is 9.31. The third kappa shape index (κ3) is 3.60. The van der Waals surface area contributed by atoms with Crippen molar-refractivity contribution >= 4 is 0 Å². The first-order valence-electron chi connectivity index (χ1n) is 7.53. The average molecular weight is 276 g/mol. The zero-order chi connectivity index (χ0) is 14.6. The lowest BCUT2D eigenvalue weighted by Gasteiger charge is -2.29. The number of ether oxygens (including phenoxy) is 1. The molecule has 2 rings (SSSR count). The minimum absolute atomic E-state index is 0.300. The largest absolute Gasteiger partial charge is 0.383 e. The molecule has 1 aromatic rings. The van der Waals surface area contributed by atoms with Gasteiger partial charge >= 0.3 is 0 Å². The van der Waals surface area contributed by atoms with Crippen LogP contribution in [0.15, 0.2) is 24.3 Å². The standard InChI is InChI=1S/C17H28N2O/c1-17(2)13-14-7-5-6-8-15(14)16(17)18-9-10-19(3)11-12-20-4/h5-8,16,18H,9-13H2,1-4H3. The lowest BCUT2D eigenvalue weighted by atomic mass is 9.85. The van der Waals surface area contributed by atoms with Crippen molar-refractivity contribution in [2.45, 2.75) is 26.3 Å². The molecule has 1 atom stereocenters. The van der Waals surface area contributed by atoms with Crippen molar-refractivity contribution < 1.29 is 4.74 Å². The molecule has 0 spiro atoms. The molecule has 1 unspecified atom stereocenters. The van der Waals surface area contributed by atoms with Gasteiger partial charge in [-0.3, -0.25) is 0 Å². The SMILES string of the molecule is COCCN(C)CCNC1c2ccccc2CC1(C)C. The minimum atomic E-state index is 0.300. The van der Waals surface area contributed by atoms with Crippen LogP contribution in [-0.4, -0.2) is 45.3 Å². The Morgan fingerprint density at radius 1 is 1.30 bits per heavy atom. The van der Waals surface area contributed by atoms with Crippen LogP contribution in [0.25, 0.3) is 0 Å². The van der Waals surface area contributed by atoms with E-state index in [2.05, 4.69) is 55.4 Å². The number of hydrogen-bond acceptors (Lipinski definition) is 3. The summed E-state index contributed by atoms with van der Waals surface area (Å²) in [5.41, 5.74) is 3.29. The Morgan fingerprint density at radius 2 is 2.05 bits per heavy atom. The summed E-state index contributed by atoms with van der Waals surface area (Å²) in [6.45, 7) is 8.58. The molecule has 0 bridgehead atoms. The van der Waals surface area contributed by atoms with Crippen LogP contribution in [0.3, 0.4) is 0 Å². The molecule has 1 N–H and O–H groups in total. The first kappa shape index (κ1) is 15.5. The zero-order valence-corrected chi connectivity index (χ0v) is 13.3. The lowest BCUT2D eigenvalue weighted by molar-refractivity contribution is 0.159. The molecule has 0 aliphatic heterocycles. The highest BCUT2D eigenvalue weighted by atomic mass is 16.5. The van der Waals surface area contributed by atoms with E-state index in [-0.39, 0.29) is 0 Å². The Hall–Kier alpha value is -0.900. The first-order valence-corrected chi connectivity index (χ1v) is 7.53. The van der Waals surface area contributed by atoms with Crippen molar-refractivity contribution in [3.8, 4) is 0 Å². The topological polar surface area (TPSA) is 24.5 Å². The third-order valence-electron chi connectivity index (χ3n) is 4.31. The van der Waals surface area contributed by atoms with Crippen molar-refractivity contribution in [1.29, 1.82) is 0 Å². The maximum Gasteiger partial charge on any atom is 0.0589 e. The van der Waals surface area contributed by atoms with Crippen LogP contribution in [0.5, 0.6) is 0 Å². The van der Waals surface area contributed by atoms with Gasteiger partial charge in [-0.25, -0.2) is 0 Å². The Kier molecular flexibility index (Phi) is 5.19. The van der Waals surface area contributed by atoms with Crippen LogP contribution >= 0.6 is 0 Å². The van der Waals surface area contributed by atoms with E-state index in [4.69, 9.17) is 4.74 Å². The molecule has 3 nitrogen and oxygen atoms in total. The molecular formula is C17H28N2O. The Labute approximate surface area is 123 Å². The van der Waals surface area contributed by atoms with Crippen LogP contribution in [0.4, 0.5) is 0 Å². The number of methoxy groups -OCH3 is 1. The summed E-state index contributed by atoms with van der Waals surface area (Å²) < 4.78 is 5.11. The van der Waals surface area contributed by atoms with Gasteiger partial charge in [0, 0.05) is 32.8 Å². The van der Waals surface area contributed by atoms with Crippen molar-refractivity contribution in [3.63, 3.8) is 0 Å². The molecule has 0 amide bonds. The van der Waals surface area contributed by atoms with E-state index in [1.165, 1.54) is 17.5 Å². The van der Waals surface area contributed by atoms with Crippen LogP contribution < -0.4 is 5.32 Å². The van der Waals surface area contributed by atoms with Crippen LogP contribution in [0, 0.1) is 5.41 Å². The average Bonchev–Trinajstić information content (AvgIpc) is 2.67. The van der Waals surface area contributed by atoms with Gasteiger partial charge in [0.2, 0.25) is 0 Å². The Balaban J connectivity index is 1.89. The molecule has 0 saturated carbocycles. The van der Waals surface area contributed by atoms with Gasteiger partial charge in [0.25, 0.3) is 0 Å². The summed E-state index contributed by atoms with van der Waals surface area (Å²) >= 11 is 0. The molecule has 0 heterocycles. The highest BCUT2D eigenvalue weighted by Crippen LogP contribution is 2.44. The Bertz CT molecular complexity index is 431. The number of benzene rings is 1. The molecule has 3 heteroatoms. The van der Waals surface area contributed by atoms with Crippen molar-refractivity contribution in [2.24, 2.45) is 5.41 Å². The van der Waals surface area contributed by atoms with E-state index in [1.807, 2.05) is 0 Å². The summed E-state index contributed by atoms with van der Waals surface area (Å²) in [5.74, 6) is 0. The number of nitrogens with zero attached hydrogens (tertiary/aromatic N) is 1. The molecule has 1 aliphatic carbocycles. The quantitative estimate of drug-likeness (QED) is 0.828. The number of nitrogens with one attached hydrogen (secondary N) is 1. The fourth-order valence-corrected chi connectivity index (χ4v) is 3.14. The van der Waals surface area contributed by atoms with Gasteiger partial charge in [-0.05, 0) is 30.0 Å². The van der Waals surface area contributed by atoms with E-state index < -0.39 is 0 Å². The summed E-state index contributed by atoms with van der Waals surface area (Å²) in [4.78, 5) is 2.31. The van der Waals surface area contributed by atoms with Crippen molar-refractivity contribution in [2.75, 3.05) is 40.4 Å². The van der Waals surface area contributed by atoms with E-state index in [1.54, 1.807) is 7.11 Å². The second-order valence-corrected chi connectivity index (χ2v) is 6.55. The molecule has 1 aliphatic rings. The fraction of sp³-hybridized carbons (Fsp3) is 0.647. The molecule has 0 aromatic heterocycles. The third-order valence-corrected chi connectivity index (χ3v) is 4.31. The van der Waals surface area contributed by atoms with E-state index in [0.29, 0.717) is 11.5 Å². The molecule has 20 heavy (non-hydrogen) atoms. The molecule has 0 fully saturated rings. The zero-order valence-electron chi connectivity index (χ0n) is 13.3. The van der Waals surface area contributed by atoms with Crippen molar-refractivity contribution in [1.82, 2.24) is 10.2 Å². The number of fused-ring (bicyclic) bond motifs is 1. The minimum Gasteiger partial charge on any atom is -0.383 e. The van der Waals surface area contributed by atoms with Gasteiger partial charge in [0.1, 0.15) is 0 Å². The smallest absolute Gasteiger partial charge is 0.0589 e. The van der Waals surface area contributed by atoms with Gasteiger partial charge in [0.15, 0.2) is 0 Å². The summed E-state index contributed by atoms with van der Waals surface area (Å²) in [7, 11) is 3.90. The van der Waals surface area contributed by atoms with Gasteiger partial charge < -0.3 is 15.0 Å². The molecule has 0 radical (unpaired) electrons. The molecule has 0 saturated heterocycles. The highest BCUT2D eigenvalue weighted by Gasteiger charge is 2.38. The van der Waals surface area contributed by atoms with Crippen LogP contribution in [-0.2, 0) is 11.2 Å². The van der Waals surface area contributed by atoms with Crippen molar-refractivity contribution in [3.05, 3.63) is 35.4 Å². The normalized spacial score (nSPS) is 20.4. The summed E-state index contributed by atoms with van der Waals surface area (Å²) in [5, 5.41) is 3.75. The van der Waals surface area contributed by atoms with Crippen LogP contribution in [0.1, 0.15) is 31.0 Å². The highest BCUT2D eigenvalue weighted by molar-refractivity contribution is 5.37. The van der Waals surface area contributed by atoms with E-state index >= 15 is 0 Å². The number of likely N-dealkylation sites (N-methyl/N-ethyl adjacent to an activating group) is 1. The predicted molar refractivity (Wildman–Crippen MR) is 84.0 cm³/mol.